The van der Waals surface area contributed by atoms with Crippen LogP contribution in [0.25, 0.3) is 0 Å². The highest BCUT2D eigenvalue weighted by molar-refractivity contribution is 6.59. The first kappa shape index (κ1) is 11.7. The van der Waals surface area contributed by atoms with Crippen molar-refractivity contribution < 1.29 is 15.2 Å². The van der Waals surface area contributed by atoms with Crippen molar-refractivity contribution in [1.29, 1.82) is 0 Å². The first-order valence-electron chi connectivity index (χ1n) is 5.39. The Morgan fingerprint density at radius 2 is 1.59 bits per heavy atom. The maximum absolute atomic E-state index is 9.90. The molecule has 3 N–H and O–H groups in total. The van der Waals surface area contributed by atoms with E-state index in [0.717, 1.165) is 5.56 Å². The zero-order valence-corrected chi connectivity index (χ0v) is 9.24. The van der Waals surface area contributed by atoms with Gasteiger partial charge in [-0.25, -0.2) is 0 Å². The Balaban J connectivity index is 2.31. The number of benzene rings is 2. The molecule has 2 aromatic rings. The molecule has 86 valence electrons. The summed E-state index contributed by atoms with van der Waals surface area (Å²) in [6, 6.07) is 14.7. The van der Waals surface area contributed by atoms with Gasteiger partial charge in [0.25, 0.3) is 0 Å². The summed E-state index contributed by atoms with van der Waals surface area (Å²) in [6.45, 7) is 0. The van der Waals surface area contributed by atoms with E-state index in [-0.39, 0.29) is 11.2 Å². The lowest BCUT2D eigenvalue weighted by molar-refractivity contribution is 0.419. The number of phenols is 1. The lowest BCUT2D eigenvalue weighted by Gasteiger charge is -2.09. The van der Waals surface area contributed by atoms with Crippen LogP contribution in [0, 0.1) is 0 Å². The van der Waals surface area contributed by atoms with Crippen molar-refractivity contribution in [2.24, 2.45) is 0 Å². The monoisotopic (exact) mass is 228 g/mol. The molecule has 0 amide bonds. The third kappa shape index (κ3) is 2.67. The molecule has 0 saturated heterocycles. The van der Waals surface area contributed by atoms with Gasteiger partial charge in [0.1, 0.15) is 5.75 Å². The van der Waals surface area contributed by atoms with E-state index >= 15 is 0 Å². The molecule has 0 aliphatic carbocycles. The molecule has 2 rings (SSSR count). The van der Waals surface area contributed by atoms with Gasteiger partial charge in [-0.2, -0.15) is 0 Å². The number of hydrogen-bond acceptors (Lipinski definition) is 3. The van der Waals surface area contributed by atoms with Crippen LogP contribution >= 0.6 is 0 Å². The molecule has 0 unspecified atom stereocenters. The van der Waals surface area contributed by atoms with Crippen LogP contribution in [0.15, 0.2) is 48.5 Å². The molecule has 17 heavy (non-hydrogen) atoms. The number of aromatic hydroxyl groups is 1. The van der Waals surface area contributed by atoms with E-state index in [2.05, 4.69) is 0 Å². The van der Waals surface area contributed by atoms with Crippen LogP contribution in [-0.2, 0) is 6.42 Å². The second-order valence-electron chi connectivity index (χ2n) is 3.89. The van der Waals surface area contributed by atoms with Crippen LogP contribution in [0.2, 0.25) is 0 Å². The van der Waals surface area contributed by atoms with Gasteiger partial charge < -0.3 is 15.2 Å². The molecule has 0 aromatic heterocycles. The molecule has 3 nitrogen and oxygen atoms in total. The Kier molecular flexibility index (Phi) is 3.47. The van der Waals surface area contributed by atoms with Crippen molar-refractivity contribution in [2.45, 2.75) is 6.42 Å². The Morgan fingerprint density at radius 3 is 2.24 bits per heavy atom. The molecule has 2 aromatic carbocycles. The van der Waals surface area contributed by atoms with Crippen LogP contribution in [0.1, 0.15) is 11.1 Å². The molecule has 0 spiro atoms. The van der Waals surface area contributed by atoms with Crippen molar-refractivity contribution in [3.05, 3.63) is 59.7 Å². The van der Waals surface area contributed by atoms with Gasteiger partial charge in [-0.3, -0.25) is 0 Å². The largest absolute Gasteiger partial charge is 0.508 e. The van der Waals surface area contributed by atoms with Gasteiger partial charge in [0.05, 0.1) is 0 Å². The molecule has 0 atom stereocenters. The van der Waals surface area contributed by atoms with E-state index in [9.17, 15) is 5.11 Å². The lowest BCUT2D eigenvalue weighted by atomic mass is 9.78. The van der Waals surface area contributed by atoms with Gasteiger partial charge in [-0.05, 0) is 11.1 Å². The molecular formula is C13H13BO3. The predicted octanol–water partition coefficient (Wildman–Crippen LogP) is 0.663. The Morgan fingerprint density at radius 1 is 0.882 bits per heavy atom. The maximum atomic E-state index is 9.90. The summed E-state index contributed by atoms with van der Waals surface area (Å²) in [5.74, 6) is -0.0497. The Labute approximate surface area is 100 Å². The van der Waals surface area contributed by atoms with Crippen molar-refractivity contribution in [1.82, 2.24) is 0 Å². The third-order valence-electron chi connectivity index (χ3n) is 2.67. The van der Waals surface area contributed by atoms with Gasteiger partial charge in [0, 0.05) is 11.9 Å². The number of hydrogen-bond donors (Lipinski definition) is 3. The number of rotatable bonds is 3. The highest BCUT2D eigenvalue weighted by atomic mass is 16.4. The Bertz CT molecular complexity index is 497. The van der Waals surface area contributed by atoms with Crippen LogP contribution in [0.3, 0.4) is 0 Å². The standard InChI is InChI=1S/C13H13BO3/c15-13-11(7-4-8-12(13)14(16)17)9-10-5-2-1-3-6-10/h1-8,15-17H,9H2. The fourth-order valence-electron chi connectivity index (χ4n) is 1.78. The topological polar surface area (TPSA) is 60.7 Å². The average Bonchev–Trinajstić information content (AvgIpc) is 2.33. The fraction of sp³-hybridized carbons (Fsp3) is 0.0769. The molecule has 0 fully saturated rings. The minimum absolute atomic E-state index is 0.0497. The minimum Gasteiger partial charge on any atom is -0.508 e. The summed E-state index contributed by atoms with van der Waals surface area (Å²) in [4.78, 5) is 0. The van der Waals surface area contributed by atoms with Gasteiger partial charge in [-0.15, -0.1) is 0 Å². The first-order chi connectivity index (χ1) is 8.18. The van der Waals surface area contributed by atoms with E-state index in [1.54, 1.807) is 12.1 Å². The summed E-state index contributed by atoms with van der Waals surface area (Å²) < 4.78 is 0. The molecule has 4 heteroatoms. The molecular weight excluding hydrogens is 215 g/mol. The van der Waals surface area contributed by atoms with Crippen LogP contribution < -0.4 is 5.46 Å². The third-order valence-corrected chi connectivity index (χ3v) is 2.67. The minimum atomic E-state index is -1.65. The normalized spacial score (nSPS) is 10.2. The smallest absolute Gasteiger partial charge is 0.492 e. The fourth-order valence-corrected chi connectivity index (χ4v) is 1.78. The Hall–Kier alpha value is -1.78. The van der Waals surface area contributed by atoms with Gasteiger partial charge in [0.15, 0.2) is 0 Å². The van der Waals surface area contributed by atoms with E-state index < -0.39 is 7.12 Å². The van der Waals surface area contributed by atoms with Crippen molar-refractivity contribution in [2.75, 3.05) is 0 Å². The molecule has 0 aliphatic heterocycles. The first-order valence-corrected chi connectivity index (χ1v) is 5.39. The van der Waals surface area contributed by atoms with Crippen LogP contribution in [0.5, 0.6) is 5.75 Å². The van der Waals surface area contributed by atoms with Crippen LogP contribution in [0.4, 0.5) is 0 Å². The number of para-hydroxylation sites is 1. The summed E-state index contributed by atoms with van der Waals surface area (Å²) in [7, 11) is -1.65. The highest BCUT2D eigenvalue weighted by Gasteiger charge is 2.17. The average molecular weight is 228 g/mol. The van der Waals surface area contributed by atoms with E-state index in [4.69, 9.17) is 10.0 Å². The van der Waals surface area contributed by atoms with E-state index in [1.165, 1.54) is 6.07 Å². The van der Waals surface area contributed by atoms with E-state index in [1.807, 2.05) is 30.3 Å². The van der Waals surface area contributed by atoms with Crippen molar-refractivity contribution in [3.8, 4) is 5.75 Å². The summed E-state index contributed by atoms with van der Waals surface area (Å²) >= 11 is 0. The van der Waals surface area contributed by atoms with Crippen molar-refractivity contribution >= 4 is 12.6 Å². The molecule has 0 aliphatic rings. The summed E-state index contributed by atoms with van der Waals surface area (Å²) in [6.07, 6.45) is 0.563. The van der Waals surface area contributed by atoms with Gasteiger partial charge in [-0.1, -0.05) is 48.5 Å². The summed E-state index contributed by atoms with van der Waals surface area (Å²) in [5, 5.41) is 28.1. The maximum Gasteiger partial charge on any atom is 0.492 e. The molecule has 0 radical (unpaired) electrons. The van der Waals surface area contributed by atoms with Crippen LogP contribution in [-0.4, -0.2) is 22.3 Å². The molecule has 0 heterocycles. The highest BCUT2D eigenvalue weighted by Crippen LogP contribution is 2.18. The van der Waals surface area contributed by atoms with E-state index in [0.29, 0.717) is 12.0 Å². The van der Waals surface area contributed by atoms with Crippen molar-refractivity contribution in [3.63, 3.8) is 0 Å². The SMILES string of the molecule is OB(O)c1cccc(Cc2ccccc2)c1O. The molecule has 0 saturated carbocycles. The second-order valence-corrected chi connectivity index (χ2v) is 3.89. The number of phenolic OH excluding ortho intramolecular Hbond substituents is 1. The van der Waals surface area contributed by atoms with Gasteiger partial charge in [0.2, 0.25) is 0 Å². The lowest BCUT2D eigenvalue weighted by Crippen LogP contribution is -2.30. The molecule has 0 bridgehead atoms. The zero-order valence-electron chi connectivity index (χ0n) is 9.24. The second kappa shape index (κ2) is 5.04. The summed E-state index contributed by atoms with van der Waals surface area (Å²) in [5.41, 5.74) is 1.88. The quantitative estimate of drug-likeness (QED) is 0.676. The zero-order chi connectivity index (χ0) is 12.3. The predicted molar refractivity (Wildman–Crippen MR) is 67.2 cm³/mol. The van der Waals surface area contributed by atoms with Gasteiger partial charge >= 0.3 is 7.12 Å².